The van der Waals surface area contributed by atoms with E-state index < -0.39 is 0 Å². The van der Waals surface area contributed by atoms with Gasteiger partial charge in [0.25, 0.3) is 0 Å². The van der Waals surface area contributed by atoms with Crippen LogP contribution in [0.2, 0.25) is 0 Å². The van der Waals surface area contributed by atoms with Crippen LogP contribution in [-0.4, -0.2) is 14.0 Å². The maximum atomic E-state index is 6.55. The molecule has 0 atom stereocenters. The van der Waals surface area contributed by atoms with Gasteiger partial charge >= 0.3 is 0 Å². The van der Waals surface area contributed by atoms with Gasteiger partial charge in [0.2, 0.25) is 0 Å². The molecule has 0 aliphatic rings. The molecule has 0 aliphatic carbocycles. The molecule has 0 bridgehead atoms. The molecular weight excluding hydrogens is 659 g/mol. The topological polar surface area (TPSA) is 38.3 Å². The fourth-order valence-electron chi connectivity index (χ4n) is 8.85. The average molecular weight is 690 g/mol. The Kier molecular flexibility index (Phi) is 6.02. The molecule has 0 saturated heterocycles. The number of para-hydroxylation sites is 5. The van der Waals surface area contributed by atoms with E-state index in [4.69, 9.17) is 4.42 Å². The van der Waals surface area contributed by atoms with Gasteiger partial charge in [0, 0.05) is 49.0 Å². The predicted molar refractivity (Wildman–Crippen MR) is 226 cm³/mol. The molecular formula is C50H31N3O. The average Bonchev–Trinajstić information content (AvgIpc) is 3.91. The van der Waals surface area contributed by atoms with Crippen molar-refractivity contribution in [2.24, 2.45) is 0 Å². The van der Waals surface area contributed by atoms with E-state index in [1.807, 2.05) is 12.1 Å². The molecule has 54 heavy (non-hydrogen) atoms. The highest BCUT2D eigenvalue weighted by Gasteiger charge is 2.19. The Labute approximate surface area is 309 Å². The first kappa shape index (κ1) is 29.3. The monoisotopic (exact) mass is 689 g/mol. The summed E-state index contributed by atoms with van der Waals surface area (Å²) in [6.45, 7) is 0. The summed E-state index contributed by atoms with van der Waals surface area (Å²) < 4.78 is 11.4. The number of aromatic nitrogens is 3. The molecule has 4 aromatic heterocycles. The SMILES string of the molecule is c1ccc(-c2ccc(-n3c4ccccc4c4cc5c(cc43)[nH]c3c(-c4cc6ccccc6o4)cccc3c3cccc4c6ccccc6n5c34)cc2)cc1. The number of H-pyrrole nitrogens is 1. The van der Waals surface area contributed by atoms with E-state index in [0.29, 0.717) is 0 Å². The van der Waals surface area contributed by atoms with Gasteiger partial charge in [-0.25, -0.2) is 0 Å². The van der Waals surface area contributed by atoms with Gasteiger partial charge in [-0.2, -0.15) is 0 Å². The van der Waals surface area contributed by atoms with Crippen LogP contribution in [0.3, 0.4) is 0 Å². The second-order valence-corrected chi connectivity index (χ2v) is 14.2. The molecule has 4 nitrogen and oxygen atoms in total. The summed E-state index contributed by atoms with van der Waals surface area (Å²) in [6.07, 6.45) is 0. The first-order valence-corrected chi connectivity index (χ1v) is 18.4. The Morgan fingerprint density at radius 2 is 1.07 bits per heavy atom. The maximum Gasteiger partial charge on any atom is 0.137 e. The van der Waals surface area contributed by atoms with Gasteiger partial charge in [-0.3, -0.25) is 0 Å². The lowest BCUT2D eigenvalue weighted by molar-refractivity contribution is 0.632. The number of furan rings is 1. The number of fused-ring (bicyclic) bond motifs is 11. The summed E-state index contributed by atoms with van der Waals surface area (Å²) in [7, 11) is 0. The normalized spacial score (nSPS) is 12.1. The summed E-state index contributed by atoms with van der Waals surface area (Å²) in [4.78, 5) is 4.04. The van der Waals surface area contributed by atoms with Crippen molar-refractivity contribution in [3.63, 3.8) is 0 Å². The molecule has 252 valence electrons. The molecule has 12 aromatic rings. The molecule has 12 rings (SSSR count). The molecule has 0 unspecified atom stereocenters. The van der Waals surface area contributed by atoms with Gasteiger partial charge in [0.05, 0.1) is 38.6 Å². The summed E-state index contributed by atoms with van der Waals surface area (Å²) in [6, 6.07) is 65.5. The van der Waals surface area contributed by atoms with Crippen LogP contribution >= 0.6 is 0 Å². The van der Waals surface area contributed by atoms with E-state index in [2.05, 4.69) is 184 Å². The molecule has 4 heterocycles. The molecule has 0 saturated carbocycles. The second-order valence-electron chi connectivity index (χ2n) is 14.2. The molecule has 8 aromatic carbocycles. The summed E-state index contributed by atoms with van der Waals surface area (Å²) >= 11 is 0. The standard InChI is InChI=1S/C50H31N3O/c1-2-12-31(13-3-1)32-24-26-34(27-25-32)52-43-21-7-6-16-36(43)41-29-46-42(30-45(41)52)51-49-37(17-10-20-40(49)48-28-33-14-4-9-23-47(33)54-48)39-19-11-18-38-35-15-5-8-22-44(35)53(46)50(38)39/h1-30,51H. The van der Waals surface area contributed by atoms with Crippen molar-refractivity contribution in [3.8, 4) is 28.1 Å². The van der Waals surface area contributed by atoms with E-state index in [0.717, 1.165) is 55.4 Å². The highest BCUT2D eigenvalue weighted by molar-refractivity contribution is 6.22. The van der Waals surface area contributed by atoms with Crippen LogP contribution in [0.15, 0.2) is 186 Å². The quantitative estimate of drug-likeness (QED) is 0.197. The largest absolute Gasteiger partial charge is 0.456 e. The van der Waals surface area contributed by atoms with E-state index in [1.165, 1.54) is 54.6 Å². The molecule has 0 aliphatic heterocycles. The summed E-state index contributed by atoms with van der Waals surface area (Å²) in [5.41, 5.74) is 13.3. The molecule has 1 N–H and O–H groups in total. The lowest BCUT2D eigenvalue weighted by atomic mass is 10.0. The van der Waals surface area contributed by atoms with Crippen molar-refractivity contribution >= 4 is 81.9 Å². The van der Waals surface area contributed by atoms with Crippen molar-refractivity contribution in [2.45, 2.75) is 0 Å². The Balaban J connectivity index is 1.26. The fourth-order valence-corrected chi connectivity index (χ4v) is 8.85. The van der Waals surface area contributed by atoms with Crippen LogP contribution < -0.4 is 0 Å². The highest BCUT2D eigenvalue weighted by Crippen LogP contribution is 2.41. The molecule has 0 amide bonds. The third kappa shape index (κ3) is 4.13. The van der Waals surface area contributed by atoms with Crippen molar-refractivity contribution < 1.29 is 4.42 Å². The van der Waals surface area contributed by atoms with E-state index in [1.54, 1.807) is 0 Å². The van der Waals surface area contributed by atoms with E-state index in [9.17, 15) is 0 Å². The predicted octanol–water partition coefficient (Wildman–Crippen LogP) is 13.6. The van der Waals surface area contributed by atoms with Crippen LogP contribution in [0.4, 0.5) is 0 Å². The maximum absolute atomic E-state index is 6.55. The number of rotatable bonds is 3. The number of benzene rings is 8. The van der Waals surface area contributed by atoms with Crippen LogP contribution in [0, 0.1) is 0 Å². The molecule has 0 radical (unpaired) electrons. The molecule has 0 spiro atoms. The lowest BCUT2D eigenvalue weighted by Crippen LogP contribution is -1.95. The first-order valence-electron chi connectivity index (χ1n) is 18.4. The number of hydrogen-bond donors (Lipinski definition) is 1. The minimum Gasteiger partial charge on any atom is -0.456 e. The number of nitrogens with zero attached hydrogens (tertiary/aromatic N) is 2. The Hall–Kier alpha value is -7.30. The van der Waals surface area contributed by atoms with Gasteiger partial charge in [0.15, 0.2) is 0 Å². The zero-order chi connectivity index (χ0) is 35.3. The van der Waals surface area contributed by atoms with Gasteiger partial charge in [-0.05, 0) is 65.7 Å². The smallest absolute Gasteiger partial charge is 0.137 e. The fraction of sp³-hybridized carbons (Fsp3) is 0. The lowest BCUT2D eigenvalue weighted by Gasteiger charge is -2.12. The van der Waals surface area contributed by atoms with Gasteiger partial charge in [0.1, 0.15) is 11.3 Å². The van der Waals surface area contributed by atoms with Crippen molar-refractivity contribution in [1.29, 1.82) is 0 Å². The zero-order valence-corrected chi connectivity index (χ0v) is 29.1. The third-order valence-electron chi connectivity index (χ3n) is 11.3. The molecule has 0 fully saturated rings. The van der Waals surface area contributed by atoms with Crippen LogP contribution in [0.5, 0.6) is 0 Å². The van der Waals surface area contributed by atoms with Crippen LogP contribution in [0.25, 0.3) is 110 Å². The summed E-state index contributed by atoms with van der Waals surface area (Å²) in [5.74, 6) is 0.837. The minimum atomic E-state index is 0.837. The van der Waals surface area contributed by atoms with E-state index in [-0.39, 0.29) is 0 Å². The summed E-state index contributed by atoms with van der Waals surface area (Å²) in [5, 5.41) is 8.28. The molecule has 4 heteroatoms. The van der Waals surface area contributed by atoms with Gasteiger partial charge < -0.3 is 18.4 Å². The second kappa shape index (κ2) is 11.1. The Morgan fingerprint density at radius 3 is 1.91 bits per heavy atom. The number of aromatic amines is 1. The Morgan fingerprint density at radius 1 is 0.426 bits per heavy atom. The number of hydrogen-bond acceptors (Lipinski definition) is 1. The highest BCUT2D eigenvalue weighted by atomic mass is 16.3. The first-order chi connectivity index (χ1) is 26.8. The van der Waals surface area contributed by atoms with Gasteiger partial charge in [-0.15, -0.1) is 0 Å². The zero-order valence-electron chi connectivity index (χ0n) is 29.1. The number of nitrogens with one attached hydrogen (secondary N) is 1. The van der Waals surface area contributed by atoms with Crippen molar-refractivity contribution in [3.05, 3.63) is 182 Å². The van der Waals surface area contributed by atoms with Crippen molar-refractivity contribution in [1.82, 2.24) is 14.0 Å². The third-order valence-corrected chi connectivity index (χ3v) is 11.3. The van der Waals surface area contributed by atoms with E-state index >= 15 is 0 Å². The van der Waals surface area contributed by atoms with Crippen LogP contribution in [-0.2, 0) is 0 Å². The van der Waals surface area contributed by atoms with Gasteiger partial charge in [-0.1, -0.05) is 127 Å². The van der Waals surface area contributed by atoms with Crippen molar-refractivity contribution in [2.75, 3.05) is 0 Å². The van der Waals surface area contributed by atoms with Crippen LogP contribution in [0.1, 0.15) is 0 Å². The Bertz CT molecular complexity index is 3450. The minimum absolute atomic E-state index is 0.837.